The zero-order chi connectivity index (χ0) is 23.4. The fourth-order valence-electron chi connectivity index (χ4n) is 3.98. The van der Waals surface area contributed by atoms with Crippen molar-refractivity contribution in [3.8, 4) is 5.75 Å². The van der Waals surface area contributed by atoms with Gasteiger partial charge in [-0.25, -0.2) is 13.2 Å². The lowest BCUT2D eigenvalue weighted by Gasteiger charge is -2.16. The quantitative estimate of drug-likeness (QED) is 0.570. The maximum absolute atomic E-state index is 12.8. The summed E-state index contributed by atoms with van der Waals surface area (Å²) in [5, 5.41) is 9.84. The molecule has 2 saturated heterocycles. The van der Waals surface area contributed by atoms with Gasteiger partial charge in [0.2, 0.25) is 0 Å². The molecule has 2 aliphatic rings. The molecule has 1 N–H and O–H groups in total. The van der Waals surface area contributed by atoms with Gasteiger partial charge in [-0.15, -0.1) is 11.3 Å². The molecule has 0 aliphatic carbocycles. The number of carboxylic acids is 1. The topological polar surface area (TPSA) is 104 Å². The lowest BCUT2D eigenvalue weighted by atomic mass is 10.1. The lowest BCUT2D eigenvalue weighted by molar-refractivity contribution is -0.132. The van der Waals surface area contributed by atoms with E-state index in [0.29, 0.717) is 29.3 Å². The van der Waals surface area contributed by atoms with E-state index in [0.717, 1.165) is 50.1 Å². The third kappa shape index (κ3) is 5.29. The number of benzene rings is 1. The third-order valence-corrected chi connectivity index (χ3v) is 9.25. The first-order valence-electron chi connectivity index (χ1n) is 10.9. The molecule has 0 radical (unpaired) electrons. The fraction of sp³-hybridized carbons (Fsp3) is 0.391. The van der Waals surface area contributed by atoms with Crippen molar-refractivity contribution in [2.24, 2.45) is 0 Å². The number of carboxylic acid groups (broad SMARTS) is 1. The van der Waals surface area contributed by atoms with Gasteiger partial charge in [0.05, 0.1) is 5.57 Å². The average molecular weight is 491 g/mol. The Bertz CT molecular complexity index is 1160. The van der Waals surface area contributed by atoms with Crippen LogP contribution < -0.4 is 4.74 Å². The van der Waals surface area contributed by atoms with E-state index < -0.39 is 16.0 Å². The first-order chi connectivity index (χ1) is 15.9. The van der Waals surface area contributed by atoms with Crippen LogP contribution in [0.1, 0.15) is 36.1 Å². The van der Waals surface area contributed by atoms with Crippen molar-refractivity contribution in [2.75, 3.05) is 32.8 Å². The van der Waals surface area contributed by atoms with Crippen LogP contribution in [0.15, 0.2) is 40.6 Å². The summed E-state index contributed by atoms with van der Waals surface area (Å²) in [6.45, 7) is 2.31. The standard InChI is InChI=1S/C23H26N2O6S2/c26-21(24-11-3-4-12-24)16-31-19-8-2-1-7-17(19)15-18(23(27)28)20-9-10-22(32-20)33(29,30)25-13-5-6-14-25/h1-2,7-10,15H,3-6,11-14,16H2,(H,27,28)/b18-15+. The molecule has 2 aromatic rings. The van der Waals surface area contributed by atoms with Crippen LogP contribution in [-0.2, 0) is 19.6 Å². The number of hydrogen-bond donors (Lipinski definition) is 1. The maximum atomic E-state index is 12.8. The zero-order valence-corrected chi connectivity index (χ0v) is 19.7. The van der Waals surface area contributed by atoms with Gasteiger partial charge in [0.25, 0.3) is 15.9 Å². The highest BCUT2D eigenvalue weighted by molar-refractivity contribution is 7.91. The number of nitrogens with zero attached hydrogens (tertiary/aromatic N) is 2. The summed E-state index contributed by atoms with van der Waals surface area (Å²) in [6.07, 6.45) is 5.09. The van der Waals surface area contributed by atoms with Gasteiger partial charge in [-0.05, 0) is 50.0 Å². The second-order valence-electron chi connectivity index (χ2n) is 8.01. The van der Waals surface area contributed by atoms with Gasteiger partial charge in [0, 0.05) is 36.6 Å². The Morgan fingerprint density at radius 2 is 1.67 bits per heavy atom. The largest absolute Gasteiger partial charge is 0.483 e. The van der Waals surface area contributed by atoms with E-state index in [1.807, 2.05) is 0 Å². The SMILES string of the molecule is O=C(O)/C(=C/c1ccccc1OCC(=O)N1CCCC1)c1ccc(S(=O)(=O)N2CCCC2)s1. The Hall–Kier alpha value is -2.69. The van der Waals surface area contributed by atoms with E-state index in [1.165, 1.54) is 22.5 Å². The summed E-state index contributed by atoms with van der Waals surface area (Å²) in [5.74, 6) is -0.880. The van der Waals surface area contributed by atoms with E-state index in [4.69, 9.17) is 4.74 Å². The molecule has 10 heteroatoms. The van der Waals surface area contributed by atoms with Crippen LogP contribution in [0.5, 0.6) is 5.75 Å². The van der Waals surface area contributed by atoms with Gasteiger partial charge in [-0.1, -0.05) is 18.2 Å². The molecule has 1 aromatic carbocycles. The second kappa shape index (κ2) is 10.1. The maximum Gasteiger partial charge on any atom is 0.337 e. The van der Waals surface area contributed by atoms with Crippen molar-refractivity contribution in [2.45, 2.75) is 29.9 Å². The molecule has 0 spiro atoms. The van der Waals surface area contributed by atoms with Crippen LogP contribution in [0.2, 0.25) is 0 Å². The molecule has 0 saturated carbocycles. The molecule has 176 valence electrons. The normalized spacial score (nSPS) is 17.5. The monoisotopic (exact) mass is 490 g/mol. The predicted octanol–water partition coefficient (Wildman–Crippen LogP) is 3.16. The minimum Gasteiger partial charge on any atom is -0.483 e. The number of sulfonamides is 1. The zero-order valence-electron chi connectivity index (χ0n) is 18.1. The van der Waals surface area contributed by atoms with Gasteiger partial charge in [-0.3, -0.25) is 4.79 Å². The van der Waals surface area contributed by atoms with Crippen LogP contribution >= 0.6 is 11.3 Å². The van der Waals surface area contributed by atoms with Gasteiger partial charge in [-0.2, -0.15) is 4.31 Å². The summed E-state index contributed by atoms with van der Waals surface area (Å²) in [4.78, 5) is 26.5. The molecular weight excluding hydrogens is 464 g/mol. The molecule has 0 atom stereocenters. The number of hydrogen-bond acceptors (Lipinski definition) is 6. The Labute approximate surface area is 197 Å². The number of rotatable bonds is 8. The molecule has 0 unspecified atom stereocenters. The van der Waals surface area contributed by atoms with E-state index >= 15 is 0 Å². The van der Waals surface area contributed by atoms with Crippen LogP contribution in [-0.4, -0.2) is 67.4 Å². The third-order valence-electron chi connectivity index (χ3n) is 5.77. The molecule has 3 heterocycles. The fourth-order valence-corrected chi connectivity index (χ4v) is 6.97. The lowest BCUT2D eigenvalue weighted by Crippen LogP contribution is -2.32. The highest BCUT2D eigenvalue weighted by Crippen LogP contribution is 2.33. The van der Waals surface area contributed by atoms with Gasteiger partial charge >= 0.3 is 5.97 Å². The van der Waals surface area contributed by atoms with E-state index in [-0.39, 0.29) is 22.3 Å². The number of para-hydroxylation sites is 1. The Kier molecular flexibility index (Phi) is 7.16. The summed E-state index contributed by atoms with van der Waals surface area (Å²) in [7, 11) is -3.62. The van der Waals surface area contributed by atoms with Crippen molar-refractivity contribution >= 4 is 44.9 Å². The first-order valence-corrected chi connectivity index (χ1v) is 13.2. The van der Waals surface area contributed by atoms with Crippen molar-refractivity contribution < 1.29 is 27.9 Å². The Morgan fingerprint density at radius 1 is 1.00 bits per heavy atom. The number of carbonyl (C=O) groups is 2. The minimum atomic E-state index is -3.62. The molecule has 8 nitrogen and oxygen atoms in total. The second-order valence-corrected chi connectivity index (χ2v) is 11.3. The van der Waals surface area contributed by atoms with Crippen molar-refractivity contribution in [1.29, 1.82) is 0 Å². The van der Waals surface area contributed by atoms with Crippen LogP contribution in [0.3, 0.4) is 0 Å². The number of likely N-dealkylation sites (tertiary alicyclic amines) is 1. The van der Waals surface area contributed by atoms with E-state index in [9.17, 15) is 23.1 Å². The Morgan fingerprint density at radius 3 is 2.36 bits per heavy atom. The summed E-state index contributed by atoms with van der Waals surface area (Å²) < 4.78 is 32.9. The van der Waals surface area contributed by atoms with Gasteiger partial charge in [0.15, 0.2) is 6.61 Å². The Balaban J connectivity index is 1.57. The van der Waals surface area contributed by atoms with E-state index in [1.54, 1.807) is 29.2 Å². The van der Waals surface area contributed by atoms with Crippen molar-refractivity contribution in [3.05, 3.63) is 46.8 Å². The number of ether oxygens (including phenoxy) is 1. The minimum absolute atomic E-state index is 0.0372. The highest BCUT2D eigenvalue weighted by Gasteiger charge is 2.29. The predicted molar refractivity (Wildman–Crippen MR) is 126 cm³/mol. The first kappa shape index (κ1) is 23.5. The molecule has 1 amide bonds. The number of thiophene rings is 1. The van der Waals surface area contributed by atoms with Crippen LogP contribution in [0.4, 0.5) is 0 Å². The summed E-state index contributed by atoms with van der Waals surface area (Å²) in [6, 6.07) is 9.86. The summed E-state index contributed by atoms with van der Waals surface area (Å²) in [5.41, 5.74) is 0.464. The van der Waals surface area contributed by atoms with E-state index in [2.05, 4.69) is 0 Å². The molecule has 1 aromatic heterocycles. The molecule has 4 rings (SSSR count). The molecule has 2 fully saturated rings. The average Bonchev–Trinajstić information content (AvgIpc) is 3.58. The molecule has 33 heavy (non-hydrogen) atoms. The number of carbonyl (C=O) groups excluding carboxylic acids is 1. The summed E-state index contributed by atoms with van der Waals surface area (Å²) >= 11 is 0.943. The van der Waals surface area contributed by atoms with Gasteiger partial charge < -0.3 is 14.7 Å². The molecule has 0 bridgehead atoms. The van der Waals surface area contributed by atoms with Crippen LogP contribution in [0.25, 0.3) is 11.6 Å². The molecule has 2 aliphatic heterocycles. The number of aliphatic carboxylic acids is 1. The van der Waals surface area contributed by atoms with Crippen LogP contribution in [0, 0.1) is 0 Å². The number of amides is 1. The van der Waals surface area contributed by atoms with Gasteiger partial charge in [0.1, 0.15) is 9.96 Å². The smallest absolute Gasteiger partial charge is 0.337 e. The van der Waals surface area contributed by atoms with Crippen molar-refractivity contribution in [3.63, 3.8) is 0 Å². The highest BCUT2D eigenvalue weighted by atomic mass is 32.2. The molecular formula is C23H26N2O6S2. The van der Waals surface area contributed by atoms with Crippen molar-refractivity contribution in [1.82, 2.24) is 9.21 Å².